The number of nitrogens with one attached hydrogen (secondary N) is 1. The van der Waals surface area contributed by atoms with Crippen LogP contribution in [0.1, 0.15) is 43.0 Å². The van der Waals surface area contributed by atoms with Gasteiger partial charge in [-0.25, -0.2) is 0 Å². The summed E-state index contributed by atoms with van der Waals surface area (Å²) in [5.74, 6) is 1.09. The quantitative estimate of drug-likeness (QED) is 0.838. The summed E-state index contributed by atoms with van der Waals surface area (Å²) >= 11 is 0. The van der Waals surface area contributed by atoms with Crippen molar-refractivity contribution in [3.63, 3.8) is 0 Å². The number of fused-ring (bicyclic) bond motifs is 1. The van der Waals surface area contributed by atoms with Crippen LogP contribution in [0.25, 0.3) is 0 Å². The average molecular weight is 246 g/mol. The van der Waals surface area contributed by atoms with Gasteiger partial charge < -0.3 is 11.1 Å². The molecule has 2 unspecified atom stereocenters. The first-order valence-electron chi connectivity index (χ1n) is 7.16. The first kappa shape index (κ1) is 13.6. The summed E-state index contributed by atoms with van der Waals surface area (Å²) in [5, 5.41) is 3.46. The maximum atomic E-state index is 5.96. The molecule has 100 valence electrons. The highest BCUT2D eigenvalue weighted by atomic mass is 14.9. The number of hydrogen-bond acceptors (Lipinski definition) is 2. The smallest absolute Gasteiger partial charge is 0.0360 e. The molecular weight excluding hydrogens is 220 g/mol. The van der Waals surface area contributed by atoms with Crippen molar-refractivity contribution in [3.8, 4) is 0 Å². The highest BCUT2D eigenvalue weighted by Crippen LogP contribution is 2.31. The Kier molecular flexibility index (Phi) is 4.41. The third-order valence-corrected chi connectivity index (χ3v) is 4.35. The zero-order valence-electron chi connectivity index (χ0n) is 11.9. The van der Waals surface area contributed by atoms with Crippen LogP contribution in [0.2, 0.25) is 0 Å². The number of rotatable bonds is 5. The molecule has 1 aromatic carbocycles. The van der Waals surface area contributed by atoms with Gasteiger partial charge in [0, 0.05) is 6.04 Å². The molecule has 0 aliphatic heterocycles. The Bertz CT molecular complexity index is 398. The van der Waals surface area contributed by atoms with Crippen LogP contribution in [-0.4, -0.2) is 13.6 Å². The van der Waals surface area contributed by atoms with Crippen molar-refractivity contribution in [2.75, 3.05) is 13.6 Å². The molecule has 0 aromatic heterocycles. The number of hydrogen-bond donors (Lipinski definition) is 2. The van der Waals surface area contributed by atoms with E-state index in [0.717, 1.165) is 6.54 Å². The molecule has 0 radical (unpaired) electrons. The van der Waals surface area contributed by atoms with Gasteiger partial charge >= 0.3 is 0 Å². The minimum Gasteiger partial charge on any atom is -0.330 e. The van der Waals surface area contributed by atoms with Crippen molar-refractivity contribution in [1.82, 2.24) is 5.32 Å². The van der Waals surface area contributed by atoms with Gasteiger partial charge in [-0.3, -0.25) is 0 Å². The molecule has 0 bridgehead atoms. The first-order chi connectivity index (χ1) is 8.67. The fourth-order valence-electron chi connectivity index (χ4n) is 3.21. The van der Waals surface area contributed by atoms with Crippen LogP contribution in [0.15, 0.2) is 18.2 Å². The van der Waals surface area contributed by atoms with Gasteiger partial charge in [0.25, 0.3) is 0 Å². The summed E-state index contributed by atoms with van der Waals surface area (Å²) in [6.45, 7) is 5.25. The summed E-state index contributed by atoms with van der Waals surface area (Å²) in [6.07, 6.45) is 3.81. The molecule has 0 spiro atoms. The van der Waals surface area contributed by atoms with Crippen molar-refractivity contribution >= 4 is 0 Å². The predicted octanol–water partition coefficient (Wildman–Crippen LogP) is 2.67. The summed E-state index contributed by atoms with van der Waals surface area (Å²) in [5.41, 5.74) is 10.5. The highest BCUT2D eigenvalue weighted by Gasteiger charge is 2.24. The van der Waals surface area contributed by atoms with Crippen LogP contribution >= 0.6 is 0 Å². The Balaban J connectivity index is 2.27. The topological polar surface area (TPSA) is 38.0 Å². The second-order valence-corrected chi connectivity index (χ2v) is 5.79. The van der Waals surface area contributed by atoms with Gasteiger partial charge in [-0.2, -0.15) is 0 Å². The minimum atomic E-state index is 0.376. The largest absolute Gasteiger partial charge is 0.330 e. The number of benzene rings is 1. The molecule has 1 aliphatic rings. The fraction of sp³-hybridized carbons (Fsp3) is 0.625. The molecule has 0 amide bonds. The van der Waals surface area contributed by atoms with Crippen molar-refractivity contribution in [3.05, 3.63) is 34.9 Å². The molecular formula is C16H26N2. The monoisotopic (exact) mass is 246 g/mol. The van der Waals surface area contributed by atoms with Gasteiger partial charge in [0.05, 0.1) is 0 Å². The van der Waals surface area contributed by atoms with E-state index >= 15 is 0 Å². The fourth-order valence-corrected chi connectivity index (χ4v) is 3.21. The summed E-state index contributed by atoms with van der Waals surface area (Å²) in [7, 11) is 2.04. The van der Waals surface area contributed by atoms with Crippen molar-refractivity contribution in [1.29, 1.82) is 0 Å². The lowest BCUT2D eigenvalue weighted by molar-refractivity contribution is 0.299. The van der Waals surface area contributed by atoms with E-state index in [1.165, 1.54) is 24.8 Å². The van der Waals surface area contributed by atoms with Gasteiger partial charge in [-0.15, -0.1) is 0 Å². The first-order valence-corrected chi connectivity index (χ1v) is 7.16. The van der Waals surface area contributed by atoms with Crippen LogP contribution in [0.4, 0.5) is 0 Å². The lowest BCUT2D eigenvalue weighted by atomic mass is 9.84. The molecule has 3 N–H and O–H groups in total. The second kappa shape index (κ2) is 5.85. The Labute approximate surface area is 111 Å². The normalized spacial score (nSPS) is 17.8. The van der Waals surface area contributed by atoms with E-state index in [2.05, 4.69) is 37.4 Å². The molecule has 18 heavy (non-hydrogen) atoms. The molecule has 2 nitrogen and oxygen atoms in total. The van der Waals surface area contributed by atoms with Gasteiger partial charge in [0.2, 0.25) is 0 Å². The Morgan fingerprint density at radius 1 is 1.22 bits per heavy atom. The van der Waals surface area contributed by atoms with Crippen molar-refractivity contribution in [2.45, 2.75) is 39.2 Å². The maximum Gasteiger partial charge on any atom is 0.0360 e. The average Bonchev–Trinajstić information content (AvgIpc) is 2.82. The summed E-state index contributed by atoms with van der Waals surface area (Å²) in [6, 6.07) is 7.38. The lowest BCUT2D eigenvalue weighted by Gasteiger charge is -2.29. The van der Waals surface area contributed by atoms with Crippen LogP contribution in [0, 0.1) is 11.8 Å². The van der Waals surface area contributed by atoms with Crippen LogP contribution in [0.3, 0.4) is 0 Å². The molecule has 1 aliphatic carbocycles. The van der Waals surface area contributed by atoms with E-state index < -0.39 is 0 Å². The molecule has 1 aromatic rings. The number of aryl methyl sites for hydroxylation is 2. The van der Waals surface area contributed by atoms with Crippen molar-refractivity contribution in [2.24, 2.45) is 17.6 Å². The van der Waals surface area contributed by atoms with Gasteiger partial charge in [0.15, 0.2) is 0 Å². The van der Waals surface area contributed by atoms with E-state index in [1.54, 1.807) is 11.1 Å². The lowest BCUT2D eigenvalue weighted by Crippen LogP contribution is -2.34. The number of nitrogens with two attached hydrogens (primary N) is 1. The van der Waals surface area contributed by atoms with Crippen LogP contribution < -0.4 is 11.1 Å². The molecule has 0 saturated carbocycles. The van der Waals surface area contributed by atoms with Gasteiger partial charge in [-0.05, 0) is 61.4 Å². The van der Waals surface area contributed by atoms with E-state index in [-0.39, 0.29) is 0 Å². The van der Waals surface area contributed by atoms with Crippen LogP contribution in [0.5, 0.6) is 0 Å². The highest BCUT2D eigenvalue weighted by molar-refractivity contribution is 5.36. The molecule has 0 saturated heterocycles. The van der Waals surface area contributed by atoms with Gasteiger partial charge in [-0.1, -0.05) is 32.0 Å². The molecule has 2 heteroatoms. The Morgan fingerprint density at radius 3 is 2.56 bits per heavy atom. The summed E-state index contributed by atoms with van der Waals surface area (Å²) in [4.78, 5) is 0. The third kappa shape index (κ3) is 2.60. The summed E-state index contributed by atoms with van der Waals surface area (Å²) < 4.78 is 0. The Morgan fingerprint density at radius 2 is 1.94 bits per heavy atom. The predicted molar refractivity (Wildman–Crippen MR) is 77.7 cm³/mol. The zero-order valence-corrected chi connectivity index (χ0v) is 11.9. The third-order valence-electron chi connectivity index (χ3n) is 4.35. The van der Waals surface area contributed by atoms with Crippen LogP contribution in [-0.2, 0) is 12.8 Å². The minimum absolute atomic E-state index is 0.376. The molecule has 2 atom stereocenters. The standard InChI is InChI=1S/C16H26N2/c1-11(2)15(10-17)16(18-3)14-8-7-12-5-4-6-13(12)9-14/h7-9,11,15-16,18H,4-6,10,17H2,1-3H3. The molecule has 2 rings (SSSR count). The van der Waals surface area contributed by atoms with Gasteiger partial charge in [0.1, 0.15) is 0 Å². The zero-order chi connectivity index (χ0) is 13.1. The van der Waals surface area contributed by atoms with E-state index in [4.69, 9.17) is 5.73 Å². The molecule has 0 heterocycles. The van der Waals surface area contributed by atoms with E-state index in [0.29, 0.717) is 17.9 Å². The van der Waals surface area contributed by atoms with E-state index in [9.17, 15) is 0 Å². The van der Waals surface area contributed by atoms with Crippen molar-refractivity contribution < 1.29 is 0 Å². The Hall–Kier alpha value is -0.860. The second-order valence-electron chi connectivity index (χ2n) is 5.79. The SMILES string of the molecule is CNC(c1ccc2c(c1)CCC2)C(CN)C(C)C. The van der Waals surface area contributed by atoms with E-state index in [1.807, 2.05) is 7.05 Å². The molecule has 0 fully saturated rings. The maximum absolute atomic E-state index is 5.96.